The van der Waals surface area contributed by atoms with Gasteiger partial charge in [0.25, 0.3) is 5.91 Å². The molecule has 0 N–H and O–H groups in total. The van der Waals surface area contributed by atoms with Gasteiger partial charge in [-0.1, -0.05) is 12.1 Å². The van der Waals surface area contributed by atoms with Gasteiger partial charge in [0.2, 0.25) is 0 Å². The Morgan fingerprint density at radius 2 is 1.72 bits per heavy atom. The third-order valence-corrected chi connectivity index (χ3v) is 6.64. The summed E-state index contributed by atoms with van der Waals surface area (Å²) in [5.74, 6) is 0.0295. The number of aryl methyl sites for hydroxylation is 1. The van der Waals surface area contributed by atoms with Gasteiger partial charge in [-0.05, 0) is 48.9 Å². The number of hydrogen-bond acceptors (Lipinski definition) is 7. The predicted molar refractivity (Wildman–Crippen MR) is 130 cm³/mol. The van der Waals surface area contributed by atoms with Gasteiger partial charge in [0.1, 0.15) is 0 Å². The Hall–Kier alpha value is -2.84. The summed E-state index contributed by atoms with van der Waals surface area (Å²) in [5, 5.41) is 3.11. The van der Waals surface area contributed by atoms with E-state index < -0.39 is 5.97 Å². The Morgan fingerprint density at radius 1 is 1.03 bits per heavy atom. The molecule has 1 aromatic heterocycles. The molecule has 0 radical (unpaired) electrons. The molecule has 6 nitrogen and oxygen atoms in total. The van der Waals surface area contributed by atoms with E-state index in [1.54, 1.807) is 47.2 Å². The predicted octanol–water partition coefficient (Wildman–Crippen LogP) is 4.63. The quantitative estimate of drug-likeness (QED) is 0.336. The van der Waals surface area contributed by atoms with Gasteiger partial charge in [-0.3, -0.25) is 4.79 Å². The third-order valence-electron chi connectivity index (χ3n) is 4.77. The van der Waals surface area contributed by atoms with Crippen LogP contribution in [0, 0.1) is 6.92 Å². The first-order valence-corrected chi connectivity index (χ1v) is 12.0. The van der Waals surface area contributed by atoms with Gasteiger partial charge in [0, 0.05) is 49.4 Å². The lowest BCUT2D eigenvalue weighted by Crippen LogP contribution is -2.30. The second-order valence-electron chi connectivity index (χ2n) is 7.56. The molecule has 0 aliphatic heterocycles. The third kappa shape index (κ3) is 6.83. The number of carbonyl (C=O) groups excluding carboxylic acids is 2. The van der Waals surface area contributed by atoms with Crippen LogP contribution in [0.1, 0.15) is 26.6 Å². The van der Waals surface area contributed by atoms with Crippen LogP contribution in [0.5, 0.6) is 0 Å². The highest BCUT2D eigenvalue weighted by atomic mass is 32.2. The number of ether oxygens (including phenoxy) is 1. The number of esters is 1. The first-order chi connectivity index (χ1) is 15.3. The lowest BCUT2D eigenvalue weighted by atomic mass is 10.2. The minimum atomic E-state index is -0.506. The van der Waals surface area contributed by atoms with E-state index >= 15 is 0 Å². The van der Waals surface area contributed by atoms with E-state index in [1.807, 2.05) is 62.3 Å². The normalized spacial score (nSPS) is 10.6. The Balaban J connectivity index is 1.45. The number of anilines is 1. The largest absolute Gasteiger partial charge is 0.452 e. The maximum Gasteiger partial charge on any atom is 0.338 e. The second-order valence-corrected chi connectivity index (χ2v) is 9.67. The molecule has 0 atom stereocenters. The standard InChI is InChI=1S/C24H27N3O3S2/c1-17-25-20(15-31-17)16-32-22-11-7-19(8-12-22)24(29)30-14-23(28)27(4)13-18-5-9-21(10-6-18)26(2)3/h5-12,15H,13-14,16H2,1-4H3. The van der Waals surface area contributed by atoms with Crippen LogP contribution in [0.2, 0.25) is 0 Å². The summed E-state index contributed by atoms with van der Waals surface area (Å²) in [6.07, 6.45) is 0. The highest BCUT2D eigenvalue weighted by Gasteiger charge is 2.14. The van der Waals surface area contributed by atoms with E-state index in [2.05, 4.69) is 10.4 Å². The van der Waals surface area contributed by atoms with Crippen molar-refractivity contribution in [2.24, 2.45) is 0 Å². The number of amides is 1. The molecule has 0 aliphatic rings. The van der Waals surface area contributed by atoms with Gasteiger partial charge in [-0.2, -0.15) is 0 Å². The first-order valence-electron chi connectivity index (χ1n) is 10.1. The van der Waals surface area contributed by atoms with Gasteiger partial charge >= 0.3 is 5.97 Å². The van der Waals surface area contributed by atoms with Crippen LogP contribution in [-0.4, -0.2) is 49.5 Å². The number of aromatic nitrogens is 1. The van der Waals surface area contributed by atoms with E-state index in [-0.39, 0.29) is 12.5 Å². The molecule has 0 unspecified atom stereocenters. The zero-order valence-corrected chi connectivity index (χ0v) is 20.3. The number of nitrogens with zero attached hydrogens (tertiary/aromatic N) is 3. The average molecular weight is 470 g/mol. The van der Waals surface area contributed by atoms with Crippen molar-refractivity contribution in [2.75, 3.05) is 32.6 Å². The molecule has 1 amide bonds. The lowest BCUT2D eigenvalue weighted by molar-refractivity contribution is -0.133. The van der Waals surface area contributed by atoms with Crippen molar-refractivity contribution in [1.82, 2.24) is 9.88 Å². The number of hydrogen-bond donors (Lipinski definition) is 0. The van der Waals surface area contributed by atoms with Gasteiger partial charge in [-0.15, -0.1) is 23.1 Å². The molecule has 0 bridgehead atoms. The summed E-state index contributed by atoms with van der Waals surface area (Å²) in [4.78, 5) is 33.7. The maximum absolute atomic E-state index is 12.4. The molecule has 3 aromatic rings. The summed E-state index contributed by atoms with van der Waals surface area (Å²) in [6, 6.07) is 15.2. The number of thiazole rings is 1. The Labute approximate surface area is 197 Å². The van der Waals surface area contributed by atoms with Crippen LogP contribution in [-0.2, 0) is 21.8 Å². The molecule has 32 heavy (non-hydrogen) atoms. The fraction of sp³-hybridized carbons (Fsp3) is 0.292. The van der Waals surface area contributed by atoms with Crippen LogP contribution in [0.25, 0.3) is 0 Å². The van der Waals surface area contributed by atoms with Crippen molar-refractivity contribution in [3.05, 3.63) is 75.7 Å². The van der Waals surface area contributed by atoms with E-state index in [9.17, 15) is 9.59 Å². The van der Waals surface area contributed by atoms with Gasteiger partial charge in [-0.25, -0.2) is 9.78 Å². The number of carbonyl (C=O) groups is 2. The average Bonchev–Trinajstić information content (AvgIpc) is 3.21. The molecular weight excluding hydrogens is 442 g/mol. The monoisotopic (exact) mass is 469 g/mol. The Kier molecular flexibility index (Phi) is 8.30. The van der Waals surface area contributed by atoms with Gasteiger partial charge in [0.05, 0.1) is 16.3 Å². The zero-order chi connectivity index (χ0) is 23.1. The van der Waals surface area contributed by atoms with Crippen molar-refractivity contribution in [1.29, 1.82) is 0 Å². The van der Waals surface area contributed by atoms with Crippen molar-refractivity contribution in [3.63, 3.8) is 0 Å². The minimum absolute atomic E-state index is 0.249. The molecule has 0 spiro atoms. The molecule has 2 aromatic carbocycles. The smallest absolute Gasteiger partial charge is 0.338 e. The van der Waals surface area contributed by atoms with Crippen LogP contribution >= 0.6 is 23.1 Å². The molecule has 0 saturated carbocycles. The Morgan fingerprint density at radius 3 is 2.31 bits per heavy atom. The maximum atomic E-state index is 12.4. The van der Waals surface area contributed by atoms with E-state index in [4.69, 9.17) is 4.74 Å². The van der Waals surface area contributed by atoms with Gasteiger partial charge < -0.3 is 14.5 Å². The van der Waals surface area contributed by atoms with E-state index in [0.29, 0.717) is 12.1 Å². The summed E-state index contributed by atoms with van der Waals surface area (Å²) in [6.45, 7) is 2.16. The van der Waals surface area contributed by atoms with E-state index in [1.165, 1.54) is 0 Å². The van der Waals surface area contributed by atoms with Crippen molar-refractivity contribution >= 4 is 40.7 Å². The van der Waals surface area contributed by atoms with Crippen LogP contribution in [0.4, 0.5) is 5.69 Å². The number of benzene rings is 2. The summed E-state index contributed by atoms with van der Waals surface area (Å²) >= 11 is 3.30. The molecule has 0 aliphatic carbocycles. The Bertz CT molecular complexity index is 1050. The topological polar surface area (TPSA) is 62.7 Å². The number of thioether (sulfide) groups is 1. The number of rotatable bonds is 9. The highest BCUT2D eigenvalue weighted by Crippen LogP contribution is 2.24. The fourth-order valence-electron chi connectivity index (χ4n) is 2.90. The van der Waals surface area contributed by atoms with Crippen molar-refractivity contribution < 1.29 is 14.3 Å². The summed E-state index contributed by atoms with van der Waals surface area (Å²) in [5.41, 5.74) is 3.59. The molecule has 1 heterocycles. The summed E-state index contributed by atoms with van der Waals surface area (Å²) in [7, 11) is 5.66. The first kappa shape index (κ1) is 23.8. The molecule has 168 valence electrons. The SMILES string of the molecule is Cc1nc(CSc2ccc(C(=O)OCC(=O)N(C)Cc3ccc(N(C)C)cc3)cc2)cs1. The van der Waals surface area contributed by atoms with Gasteiger partial charge in [0.15, 0.2) is 6.61 Å². The summed E-state index contributed by atoms with van der Waals surface area (Å²) < 4.78 is 5.22. The molecule has 0 fully saturated rings. The second kappa shape index (κ2) is 11.2. The molecular formula is C24H27N3O3S2. The van der Waals surface area contributed by atoms with E-state index in [0.717, 1.165) is 32.6 Å². The lowest BCUT2D eigenvalue weighted by Gasteiger charge is -2.18. The minimum Gasteiger partial charge on any atom is -0.452 e. The fourth-order valence-corrected chi connectivity index (χ4v) is 4.41. The molecule has 3 rings (SSSR count). The van der Waals surface area contributed by atoms with Crippen molar-refractivity contribution in [3.8, 4) is 0 Å². The zero-order valence-electron chi connectivity index (χ0n) is 18.7. The molecule has 8 heteroatoms. The van der Waals surface area contributed by atoms with Crippen molar-refractivity contribution in [2.45, 2.75) is 24.1 Å². The number of likely N-dealkylation sites (N-methyl/N-ethyl adjacent to an activating group) is 1. The van der Waals surface area contributed by atoms with Crippen LogP contribution < -0.4 is 4.90 Å². The molecule has 0 saturated heterocycles. The highest BCUT2D eigenvalue weighted by molar-refractivity contribution is 7.98. The van der Waals surface area contributed by atoms with Crippen LogP contribution in [0.3, 0.4) is 0 Å². The van der Waals surface area contributed by atoms with Crippen LogP contribution in [0.15, 0.2) is 58.8 Å².